The third kappa shape index (κ3) is 12.0. The molecule has 22 heavy (non-hydrogen) atoms. The van der Waals surface area contributed by atoms with Gasteiger partial charge in [-0.3, -0.25) is 4.79 Å². The van der Waals surface area contributed by atoms with E-state index in [1.807, 2.05) is 6.92 Å². The first-order valence-electron chi connectivity index (χ1n) is 9.52. The quantitative estimate of drug-likeness (QED) is 0.339. The van der Waals surface area contributed by atoms with Crippen molar-refractivity contribution in [1.82, 2.24) is 0 Å². The van der Waals surface area contributed by atoms with Crippen LogP contribution in [0.2, 0.25) is 0 Å². The molecule has 0 fully saturated rings. The van der Waals surface area contributed by atoms with Crippen LogP contribution in [0.1, 0.15) is 91.4 Å². The van der Waals surface area contributed by atoms with Gasteiger partial charge in [0.1, 0.15) is 0 Å². The molecule has 2 unspecified atom stereocenters. The van der Waals surface area contributed by atoms with Crippen LogP contribution in [0.5, 0.6) is 0 Å². The zero-order valence-corrected chi connectivity index (χ0v) is 15.2. The Bertz CT molecular complexity index is 256. The van der Waals surface area contributed by atoms with E-state index in [1.54, 1.807) is 0 Å². The lowest BCUT2D eigenvalue weighted by Gasteiger charge is -2.18. The van der Waals surface area contributed by atoms with E-state index >= 15 is 0 Å². The van der Waals surface area contributed by atoms with Gasteiger partial charge in [-0.2, -0.15) is 0 Å². The fourth-order valence-corrected chi connectivity index (χ4v) is 2.96. The molecule has 0 spiro atoms. The summed E-state index contributed by atoms with van der Waals surface area (Å²) in [4.78, 5) is 11.7. The highest BCUT2D eigenvalue weighted by Gasteiger charge is 2.20. The molecule has 0 rings (SSSR count). The van der Waals surface area contributed by atoms with Crippen LogP contribution in [-0.4, -0.2) is 19.1 Å². The standard InChI is InChI=1S/C19H39NO2/c1-4-6-7-8-9-10-11-12-13-14-17(3)15-18(16-20)19(21)22-5-2/h17-18H,4-16,20H2,1-3H3. The predicted molar refractivity (Wildman–Crippen MR) is 94.8 cm³/mol. The highest BCUT2D eigenvalue weighted by molar-refractivity contribution is 5.72. The SMILES string of the molecule is CCCCCCCCCCCC(C)CC(CN)C(=O)OCC. The van der Waals surface area contributed by atoms with Crippen molar-refractivity contribution in [3.8, 4) is 0 Å². The van der Waals surface area contributed by atoms with Gasteiger partial charge in [-0.25, -0.2) is 0 Å². The molecule has 0 aliphatic rings. The number of carbonyl (C=O) groups excluding carboxylic acids is 1. The molecular weight excluding hydrogens is 274 g/mol. The Hall–Kier alpha value is -0.570. The molecule has 0 aliphatic carbocycles. The van der Waals surface area contributed by atoms with Gasteiger partial charge < -0.3 is 10.5 Å². The molecule has 2 atom stereocenters. The lowest BCUT2D eigenvalue weighted by molar-refractivity contribution is -0.148. The van der Waals surface area contributed by atoms with Gasteiger partial charge in [-0.05, 0) is 19.3 Å². The predicted octanol–water partition coefficient (Wildman–Crippen LogP) is 5.07. The monoisotopic (exact) mass is 313 g/mol. The molecule has 0 saturated carbocycles. The maximum Gasteiger partial charge on any atom is 0.310 e. The third-order valence-electron chi connectivity index (χ3n) is 4.39. The number of carbonyl (C=O) groups is 1. The van der Waals surface area contributed by atoms with E-state index in [-0.39, 0.29) is 11.9 Å². The van der Waals surface area contributed by atoms with Crippen molar-refractivity contribution in [3.63, 3.8) is 0 Å². The smallest absolute Gasteiger partial charge is 0.310 e. The lowest BCUT2D eigenvalue weighted by atomic mass is 9.91. The molecule has 0 aromatic carbocycles. The van der Waals surface area contributed by atoms with Gasteiger partial charge in [0.05, 0.1) is 12.5 Å². The summed E-state index contributed by atoms with van der Waals surface area (Å²) in [6.07, 6.45) is 14.3. The highest BCUT2D eigenvalue weighted by atomic mass is 16.5. The van der Waals surface area contributed by atoms with Crippen LogP contribution >= 0.6 is 0 Å². The van der Waals surface area contributed by atoms with Crippen molar-refractivity contribution in [3.05, 3.63) is 0 Å². The molecule has 132 valence electrons. The molecule has 0 aromatic rings. The van der Waals surface area contributed by atoms with E-state index < -0.39 is 0 Å². The summed E-state index contributed by atoms with van der Waals surface area (Å²) in [5.74, 6) is 0.319. The second kappa shape index (κ2) is 15.3. The lowest BCUT2D eigenvalue weighted by Crippen LogP contribution is -2.27. The van der Waals surface area contributed by atoms with Crippen LogP contribution in [0.4, 0.5) is 0 Å². The Morgan fingerprint density at radius 3 is 2.00 bits per heavy atom. The topological polar surface area (TPSA) is 52.3 Å². The van der Waals surface area contributed by atoms with E-state index in [0.717, 1.165) is 6.42 Å². The molecule has 0 aliphatic heterocycles. The van der Waals surface area contributed by atoms with Crippen molar-refractivity contribution in [1.29, 1.82) is 0 Å². The summed E-state index contributed by atoms with van der Waals surface area (Å²) in [7, 11) is 0. The maximum absolute atomic E-state index is 11.7. The van der Waals surface area contributed by atoms with E-state index in [2.05, 4.69) is 13.8 Å². The molecule has 3 nitrogen and oxygen atoms in total. The first-order valence-corrected chi connectivity index (χ1v) is 9.52. The van der Waals surface area contributed by atoms with Gasteiger partial charge in [0.2, 0.25) is 0 Å². The fraction of sp³-hybridized carbons (Fsp3) is 0.947. The summed E-state index contributed by atoms with van der Waals surface area (Å²) < 4.78 is 5.07. The summed E-state index contributed by atoms with van der Waals surface area (Å²) in [5, 5.41) is 0. The van der Waals surface area contributed by atoms with Crippen molar-refractivity contribution in [2.75, 3.05) is 13.2 Å². The minimum absolute atomic E-state index is 0.117. The third-order valence-corrected chi connectivity index (χ3v) is 4.39. The van der Waals surface area contributed by atoms with Crippen LogP contribution in [0.3, 0.4) is 0 Å². The van der Waals surface area contributed by atoms with Crippen LogP contribution < -0.4 is 5.73 Å². The molecule has 0 bridgehead atoms. The van der Waals surface area contributed by atoms with E-state index in [9.17, 15) is 4.79 Å². The largest absolute Gasteiger partial charge is 0.466 e. The number of esters is 1. The highest BCUT2D eigenvalue weighted by Crippen LogP contribution is 2.20. The number of unbranched alkanes of at least 4 members (excludes halogenated alkanes) is 8. The number of hydrogen-bond acceptors (Lipinski definition) is 3. The zero-order valence-electron chi connectivity index (χ0n) is 15.2. The van der Waals surface area contributed by atoms with Crippen LogP contribution in [0, 0.1) is 11.8 Å². The summed E-state index contributed by atoms with van der Waals surface area (Å²) in [6.45, 7) is 7.19. The minimum Gasteiger partial charge on any atom is -0.466 e. The summed E-state index contributed by atoms with van der Waals surface area (Å²) >= 11 is 0. The first-order chi connectivity index (χ1) is 10.7. The first kappa shape index (κ1) is 21.4. The molecule has 0 aromatic heterocycles. The number of hydrogen-bond donors (Lipinski definition) is 1. The Kier molecular flexibility index (Phi) is 14.9. The van der Waals surface area contributed by atoms with Crippen molar-refractivity contribution < 1.29 is 9.53 Å². The maximum atomic E-state index is 11.7. The second-order valence-electron chi connectivity index (χ2n) is 6.64. The molecule has 0 saturated heterocycles. The van der Waals surface area contributed by atoms with Crippen molar-refractivity contribution >= 4 is 5.97 Å². The summed E-state index contributed by atoms with van der Waals surface area (Å²) in [5.41, 5.74) is 5.70. The summed E-state index contributed by atoms with van der Waals surface area (Å²) in [6, 6.07) is 0. The van der Waals surface area contributed by atoms with E-state index in [1.165, 1.54) is 64.2 Å². The Morgan fingerprint density at radius 2 is 1.50 bits per heavy atom. The van der Waals surface area contributed by atoms with Gasteiger partial charge >= 0.3 is 5.97 Å². The zero-order chi connectivity index (χ0) is 16.6. The average molecular weight is 314 g/mol. The normalized spacial score (nSPS) is 13.8. The number of ether oxygens (including phenoxy) is 1. The fourth-order valence-electron chi connectivity index (χ4n) is 2.96. The van der Waals surface area contributed by atoms with Crippen molar-refractivity contribution in [2.24, 2.45) is 17.6 Å². The van der Waals surface area contributed by atoms with Crippen LogP contribution in [-0.2, 0) is 9.53 Å². The Balaban J connectivity index is 3.55. The molecular formula is C19H39NO2. The molecule has 0 heterocycles. The Morgan fingerprint density at radius 1 is 0.955 bits per heavy atom. The van der Waals surface area contributed by atoms with Crippen LogP contribution in [0.25, 0.3) is 0 Å². The molecule has 0 radical (unpaired) electrons. The van der Waals surface area contributed by atoms with Gasteiger partial charge in [0, 0.05) is 6.54 Å². The average Bonchev–Trinajstić information content (AvgIpc) is 2.51. The second-order valence-corrected chi connectivity index (χ2v) is 6.64. The minimum atomic E-state index is -0.121. The van der Waals surface area contributed by atoms with Gasteiger partial charge in [-0.15, -0.1) is 0 Å². The number of rotatable bonds is 15. The van der Waals surface area contributed by atoms with Crippen LogP contribution in [0.15, 0.2) is 0 Å². The van der Waals surface area contributed by atoms with Gasteiger partial charge in [0.15, 0.2) is 0 Å². The Labute approximate surface area is 138 Å². The molecule has 2 N–H and O–H groups in total. The van der Waals surface area contributed by atoms with Gasteiger partial charge in [-0.1, -0.05) is 78.1 Å². The number of nitrogens with two attached hydrogens (primary N) is 1. The van der Waals surface area contributed by atoms with Crippen molar-refractivity contribution in [2.45, 2.75) is 91.4 Å². The van der Waals surface area contributed by atoms with E-state index in [0.29, 0.717) is 19.1 Å². The van der Waals surface area contributed by atoms with E-state index in [4.69, 9.17) is 10.5 Å². The molecule has 0 amide bonds. The molecule has 3 heteroatoms. The van der Waals surface area contributed by atoms with Gasteiger partial charge in [0.25, 0.3) is 0 Å².